The van der Waals surface area contributed by atoms with Gasteiger partial charge < -0.3 is 15.4 Å². The van der Waals surface area contributed by atoms with E-state index in [1.165, 1.54) is 30.8 Å². The predicted octanol–water partition coefficient (Wildman–Crippen LogP) is 2.75. The van der Waals surface area contributed by atoms with Gasteiger partial charge in [-0.1, -0.05) is 6.42 Å². The number of ether oxygens (including phenoxy) is 1. The Hall–Kier alpha value is -0.970. The van der Waals surface area contributed by atoms with E-state index in [0.717, 1.165) is 29.8 Å². The monoisotopic (exact) mass is 255 g/mol. The van der Waals surface area contributed by atoms with E-state index in [4.69, 9.17) is 10.5 Å². The Labute approximate surface area is 107 Å². The maximum absolute atomic E-state index is 5.84. The summed E-state index contributed by atoms with van der Waals surface area (Å²) in [5.41, 5.74) is 5.84. The van der Waals surface area contributed by atoms with Gasteiger partial charge in [0.05, 0.1) is 6.61 Å². The summed E-state index contributed by atoms with van der Waals surface area (Å²) >= 11 is 1.45. The maximum atomic E-state index is 5.84. The molecule has 1 aromatic heterocycles. The zero-order chi connectivity index (χ0) is 12.3. The van der Waals surface area contributed by atoms with Gasteiger partial charge in [-0.05, 0) is 44.1 Å². The molecular formula is C12H21N3OS. The smallest absolute Gasteiger partial charge is 0.197 e. The first-order chi connectivity index (χ1) is 8.26. The minimum absolute atomic E-state index is 0.527. The molecule has 1 aromatic rings. The van der Waals surface area contributed by atoms with Crippen LogP contribution in [0.15, 0.2) is 0 Å². The molecular weight excluding hydrogens is 234 g/mol. The summed E-state index contributed by atoms with van der Waals surface area (Å²) < 4.78 is 9.81. The molecule has 1 fully saturated rings. The minimum atomic E-state index is 0.527. The van der Waals surface area contributed by atoms with Gasteiger partial charge in [-0.2, -0.15) is 4.37 Å². The highest BCUT2D eigenvalue weighted by atomic mass is 32.1. The van der Waals surface area contributed by atoms with E-state index in [-0.39, 0.29) is 0 Å². The van der Waals surface area contributed by atoms with E-state index >= 15 is 0 Å². The Bertz CT molecular complexity index is 363. The Balaban J connectivity index is 2.11. The first-order valence-corrected chi connectivity index (χ1v) is 7.16. The quantitative estimate of drug-likeness (QED) is 0.849. The van der Waals surface area contributed by atoms with Gasteiger partial charge >= 0.3 is 0 Å². The number of rotatable bonds is 6. The molecule has 0 radical (unpaired) electrons. The largest absolute Gasteiger partial charge is 0.487 e. The Morgan fingerprint density at radius 3 is 2.76 bits per heavy atom. The normalized spacial score (nSPS) is 15.6. The number of nitrogens with two attached hydrogens (primary N) is 1. The molecule has 1 heterocycles. The number of hydrogen-bond donors (Lipinski definition) is 1. The van der Waals surface area contributed by atoms with Crippen molar-refractivity contribution < 1.29 is 4.74 Å². The fraction of sp³-hybridized carbons (Fsp3) is 0.750. The molecule has 0 unspecified atom stereocenters. The summed E-state index contributed by atoms with van der Waals surface area (Å²) in [6, 6.07) is 0. The maximum Gasteiger partial charge on any atom is 0.197 e. The van der Waals surface area contributed by atoms with Gasteiger partial charge in [0.2, 0.25) is 0 Å². The Morgan fingerprint density at radius 1 is 1.47 bits per heavy atom. The lowest BCUT2D eigenvalue weighted by atomic mass is 9.85. The van der Waals surface area contributed by atoms with Crippen molar-refractivity contribution in [3.8, 4) is 5.75 Å². The average Bonchev–Trinajstić information content (AvgIpc) is 2.61. The van der Waals surface area contributed by atoms with E-state index in [9.17, 15) is 0 Å². The van der Waals surface area contributed by atoms with Crippen molar-refractivity contribution in [1.82, 2.24) is 4.37 Å². The topological polar surface area (TPSA) is 51.4 Å². The molecule has 0 aliphatic heterocycles. The second kappa shape index (κ2) is 5.58. The van der Waals surface area contributed by atoms with Gasteiger partial charge in [-0.3, -0.25) is 0 Å². The van der Waals surface area contributed by atoms with Gasteiger partial charge in [0.15, 0.2) is 16.6 Å². The van der Waals surface area contributed by atoms with Gasteiger partial charge in [0.25, 0.3) is 0 Å². The van der Waals surface area contributed by atoms with Crippen molar-refractivity contribution in [1.29, 1.82) is 0 Å². The fourth-order valence-electron chi connectivity index (χ4n) is 2.11. The van der Waals surface area contributed by atoms with Crippen LogP contribution in [-0.2, 0) is 0 Å². The standard InChI is InChI=1S/C12H21N3OS/c1-3-15(8-9-6-5-7-9)12-10(16-4-2)11(13)14-17-12/h9H,3-8H2,1-2H3,(H2,13,14). The first-order valence-electron chi connectivity index (χ1n) is 6.39. The molecule has 2 N–H and O–H groups in total. The second-order valence-corrected chi connectivity index (χ2v) is 5.22. The van der Waals surface area contributed by atoms with Crippen molar-refractivity contribution in [3.05, 3.63) is 0 Å². The molecule has 0 bridgehead atoms. The summed E-state index contributed by atoms with van der Waals surface area (Å²) in [6.45, 7) is 6.88. The van der Waals surface area contributed by atoms with E-state index in [1.54, 1.807) is 0 Å². The van der Waals surface area contributed by atoms with Gasteiger partial charge in [0.1, 0.15) is 0 Å². The molecule has 0 aromatic carbocycles. The van der Waals surface area contributed by atoms with E-state index < -0.39 is 0 Å². The number of nitrogens with zero attached hydrogens (tertiary/aromatic N) is 2. The van der Waals surface area contributed by atoms with E-state index in [2.05, 4.69) is 16.2 Å². The van der Waals surface area contributed by atoms with Gasteiger partial charge in [-0.15, -0.1) is 0 Å². The van der Waals surface area contributed by atoms with Crippen LogP contribution >= 0.6 is 11.5 Å². The summed E-state index contributed by atoms with van der Waals surface area (Å²) in [5, 5.41) is 1.10. The molecule has 0 spiro atoms. The summed E-state index contributed by atoms with van der Waals surface area (Å²) in [5.74, 6) is 2.14. The number of aromatic nitrogens is 1. The van der Waals surface area contributed by atoms with Gasteiger partial charge in [-0.25, -0.2) is 0 Å². The van der Waals surface area contributed by atoms with Crippen LogP contribution in [0.1, 0.15) is 33.1 Å². The van der Waals surface area contributed by atoms with Crippen molar-refractivity contribution in [3.63, 3.8) is 0 Å². The first kappa shape index (κ1) is 12.5. The molecule has 5 heteroatoms. The fourth-order valence-corrected chi connectivity index (χ4v) is 2.94. The van der Waals surface area contributed by atoms with Crippen LogP contribution in [0.5, 0.6) is 5.75 Å². The summed E-state index contributed by atoms with van der Waals surface area (Å²) in [6.07, 6.45) is 4.09. The van der Waals surface area contributed by atoms with Crippen LogP contribution in [0.3, 0.4) is 0 Å². The zero-order valence-corrected chi connectivity index (χ0v) is 11.4. The lowest BCUT2D eigenvalue weighted by Gasteiger charge is -2.32. The molecule has 2 rings (SSSR count). The van der Waals surface area contributed by atoms with Crippen molar-refractivity contribution in [2.24, 2.45) is 5.92 Å². The van der Waals surface area contributed by atoms with E-state index in [0.29, 0.717) is 12.4 Å². The number of nitrogen functional groups attached to an aromatic ring is 1. The van der Waals surface area contributed by atoms with Crippen molar-refractivity contribution in [2.45, 2.75) is 33.1 Å². The molecule has 1 aliphatic rings. The van der Waals surface area contributed by atoms with Crippen molar-refractivity contribution in [2.75, 3.05) is 30.3 Å². The van der Waals surface area contributed by atoms with Crippen LogP contribution in [0.4, 0.5) is 10.8 Å². The number of anilines is 2. The highest BCUT2D eigenvalue weighted by Crippen LogP contribution is 2.39. The Morgan fingerprint density at radius 2 is 2.24 bits per heavy atom. The lowest BCUT2D eigenvalue weighted by molar-refractivity contribution is 0.315. The third-order valence-electron chi connectivity index (χ3n) is 3.32. The van der Waals surface area contributed by atoms with Gasteiger partial charge in [0, 0.05) is 13.1 Å². The number of hydrogen-bond acceptors (Lipinski definition) is 5. The van der Waals surface area contributed by atoms with Crippen LogP contribution in [0.2, 0.25) is 0 Å². The molecule has 17 heavy (non-hydrogen) atoms. The molecule has 1 aliphatic carbocycles. The molecule has 96 valence electrons. The van der Waals surface area contributed by atoms with Crippen LogP contribution in [-0.4, -0.2) is 24.1 Å². The summed E-state index contributed by atoms with van der Waals surface area (Å²) in [4.78, 5) is 2.35. The molecule has 1 saturated carbocycles. The predicted molar refractivity (Wildman–Crippen MR) is 72.9 cm³/mol. The average molecular weight is 255 g/mol. The molecule has 0 saturated heterocycles. The van der Waals surface area contributed by atoms with E-state index in [1.807, 2.05) is 6.92 Å². The van der Waals surface area contributed by atoms with Crippen molar-refractivity contribution >= 4 is 22.4 Å². The third kappa shape index (κ3) is 2.65. The van der Waals surface area contributed by atoms with Crippen LogP contribution < -0.4 is 15.4 Å². The second-order valence-electron chi connectivity index (χ2n) is 4.47. The molecule has 0 amide bonds. The lowest BCUT2D eigenvalue weighted by Crippen LogP contribution is -2.32. The Kier molecular flexibility index (Phi) is 4.10. The highest BCUT2D eigenvalue weighted by Gasteiger charge is 2.24. The summed E-state index contributed by atoms with van der Waals surface area (Å²) in [7, 11) is 0. The highest BCUT2D eigenvalue weighted by molar-refractivity contribution is 7.11. The third-order valence-corrected chi connectivity index (χ3v) is 4.22. The SMILES string of the molecule is CCOc1c(N)nsc1N(CC)CC1CCC1. The zero-order valence-electron chi connectivity index (χ0n) is 10.6. The minimum Gasteiger partial charge on any atom is -0.487 e. The van der Waals surface area contributed by atoms with Crippen LogP contribution in [0, 0.1) is 5.92 Å². The van der Waals surface area contributed by atoms with Crippen LogP contribution in [0.25, 0.3) is 0 Å². The molecule has 0 atom stereocenters. The molecule has 4 nitrogen and oxygen atoms in total.